The Hall–Kier alpha value is -2.01. The van der Waals surface area contributed by atoms with Crippen LogP contribution in [0.2, 0.25) is 5.02 Å². The fourth-order valence-electron chi connectivity index (χ4n) is 1.56. The molecule has 0 fully saturated rings. The third kappa shape index (κ3) is 3.51. The van der Waals surface area contributed by atoms with Gasteiger partial charge in [0.25, 0.3) is 0 Å². The van der Waals surface area contributed by atoms with E-state index in [1.54, 1.807) is 24.3 Å². The van der Waals surface area contributed by atoms with E-state index in [1.165, 1.54) is 6.07 Å². The predicted octanol–water partition coefficient (Wildman–Crippen LogP) is 3.99. The van der Waals surface area contributed by atoms with Crippen LogP contribution in [-0.2, 0) is 0 Å². The lowest BCUT2D eigenvalue weighted by molar-refractivity contribution is 0.307. The van der Waals surface area contributed by atoms with Crippen molar-refractivity contribution >= 4 is 28.8 Å². The van der Waals surface area contributed by atoms with Crippen molar-refractivity contribution in [3.05, 3.63) is 41.2 Å². The van der Waals surface area contributed by atoms with Gasteiger partial charge in [-0.15, -0.1) is 0 Å². The molecule has 0 saturated heterocycles. The maximum atomic E-state index is 13.7. The predicted molar refractivity (Wildman–Crippen MR) is 79.1 cm³/mol. The van der Waals surface area contributed by atoms with Crippen LogP contribution in [0.15, 0.2) is 30.3 Å². The minimum absolute atomic E-state index is 0.285. The molecule has 3 N–H and O–H groups in total. The van der Waals surface area contributed by atoms with E-state index in [-0.39, 0.29) is 5.69 Å². The summed E-state index contributed by atoms with van der Waals surface area (Å²) in [6.07, 6.45) is 0.852. The van der Waals surface area contributed by atoms with Gasteiger partial charge in [0.15, 0.2) is 0 Å². The zero-order valence-electron chi connectivity index (χ0n) is 11.0. The summed E-state index contributed by atoms with van der Waals surface area (Å²) in [5.41, 5.74) is 6.50. The third-order valence-corrected chi connectivity index (χ3v) is 2.76. The molecular weight excluding hydrogens is 281 g/mol. The van der Waals surface area contributed by atoms with Gasteiger partial charge in [0, 0.05) is 5.02 Å². The average molecular weight is 296 g/mol. The van der Waals surface area contributed by atoms with Crippen LogP contribution in [0.25, 0.3) is 0 Å². The Morgan fingerprint density at radius 3 is 2.85 bits per heavy atom. The van der Waals surface area contributed by atoms with Gasteiger partial charge in [0.05, 0.1) is 18.0 Å². The number of nitrogens with zero attached hydrogens (tertiary/aromatic N) is 1. The van der Waals surface area contributed by atoms with Gasteiger partial charge in [-0.25, -0.2) is 4.39 Å². The maximum Gasteiger partial charge on any atom is 0.239 e. The van der Waals surface area contributed by atoms with Crippen molar-refractivity contribution in [3.8, 4) is 5.88 Å². The molecule has 0 saturated carbocycles. The summed E-state index contributed by atoms with van der Waals surface area (Å²) in [5.74, 6) is 0.338. The highest BCUT2D eigenvalue weighted by molar-refractivity contribution is 6.30. The summed E-state index contributed by atoms with van der Waals surface area (Å²) in [7, 11) is 0. The van der Waals surface area contributed by atoms with E-state index in [1.807, 2.05) is 6.92 Å². The Bertz CT molecular complexity index is 607. The molecule has 0 spiro atoms. The van der Waals surface area contributed by atoms with Crippen LogP contribution in [0.4, 0.5) is 21.6 Å². The standard InChI is InChI=1S/C14H15ClFN3O/c1-2-7-20-14-11(17)4-6-13(19-14)18-12-5-3-9(15)8-10(12)16/h3-6,8H,2,7,17H2,1H3,(H,18,19). The van der Waals surface area contributed by atoms with E-state index in [0.29, 0.717) is 29.0 Å². The van der Waals surface area contributed by atoms with Gasteiger partial charge in [-0.3, -0.25) is 0 Å². The van der Waals surface area contributed by atoms with Crippen LogP contribution >= 0.6 is 11.6 Å². The number of nitrogen functional groups attached to an aromatic ring is 1. The van der Waals surface area contributed by atoms with Crippen LogP contribution in [0.1, 0.15) is 13.3 Å². The monoisotopic (exact) mass is 295 g/mol. The topological polar surface area (TPSA) is 60.2 Å². The molecule has 106 valence electrons. The van der Waals surface area contributed by atoms with E-state index in [2.05, 4.69) is 10.3 Å². The maximum absolute atomic E-state index is 13.7. The van der Waals surface area contributed by atoms with E-state index in [0.717, 1.165) is 6.42 Å². The minimum Gasteiger partial charge on any atom is -0.476 e. The Kier molecular flexibility index (Phi) is 4.63. The van der Waals surface area contributed by atoms with Gasteiger partial charge in [-0.05, 0) is 36.8 Å². The second-order valence-corrected chi connectivity index (χ2v) is 4.62. The van der Waals surface area contributed by atoms with Gasteiger partial charge >= 0.3 is 0 Å². The smallest absolute Gasteiger partial charge is 0.239 e. The SMILES string of the molecule is CCCOc1nc(Nc2ccc(Cl)cc2F)ccc1N. The molecule has 2 rings (SSSR count). The molecule has 1 aromatic heterocycles. The molecule has 1 aromatic carbocycles. The van der Waals surface area contributed by atoms with Gasteiger partial charge in [0.2, 0.25) is 5.88 Å². The Balaban J connectivity index is 2.20. The average Bonchev–Trinajstić information content (AvgIpc) is 2.42. The highest BCUT2D eigenvalue weighted by Crippen LogP contribution is 2.25. The molecule has 0 bridgehead atoms. The highest BCUT2D eigenvalue weighted by Gasteiger charge is 2.07. The summed E-state index contributed by atoms with van der Waals surface area (Å²) < 4.78 is 19.1. The molecular formula is C14H15ClFN3O. The number of anilines is 3. The van der Waals surface area contributed by atoms with Crippen molar-refractivity contribution in [2.45, 2.75) is 13.3 Å². The highest BCUT2D eigenvalue weighted by atomic mass is 35.5. The lowest BCUT2D eigenvalue weighted by Gasteiger charge is -2.11. The fourth-order valence-corrected chi connectivity index (χ4v) is 1.72. The van der Waals surface area contributed by atoms with Crippen LogP contribution < -0.4 is 15.8 Å². The van der Waals surface area contributed by atoms with Crippen LogP contribution in [0.3, 0.4) is 0 Å². The van der Waals surface area contributed by atoms with Crippen molar-refractivity contribution in [1.29, 1.82) is 0 Å². The first-order valence-electron chi connectivity index (χ1n) is 6.21. The summed E-state index contributed by atoms with van der Waals surface area (Å²) >= 11 is 5.70. The van der Waals surface area contributed by atoms with E-state index >= 15 is 0 Å². The lowest BCUT2D eigenvalue weighted by Crippen LogP contribution is -2.03. The number of hydrogen-bond donors (Lipinski definition) is 2. The quantitative estimate of drug-likeness (QED) is 0.875. The van der Waals surface area contributed by atoms with Gasteiger partial charge < -0.3 is 15.8 Å². The van der Waals surface area contributed by atoms with Crippen molar-refractivity contribution in [2.24, 2.45) is 0 Å². The number of pyridine rings is 1. The largest absolute Gasteiger partial charge is 0.476 e. The summed E-state index contributed by atoms with van der Waals surface area (Å²) in [6.45, 7) is 2.51. The zero-order chi connectivity index (χ0) is 14.5. The Labute approximate surface area is 121 Å². The number of benzene rings is 1. The molecule has 1 heterocycles. The first-order valence-corrected chi connectivity index (χ1v) is 6.59. The van der Waals surface area contributed by atoms with Crippen molar-refractivity contribution < 1.29 is 9.13 Å². The van der Waals surface area contributed by atoms with E-state index in [9.17, 15) is 4.39 Å². The van der Waals surface area contributed by atoms with E-state index < -0.39 is 5.82 Å². The second-order valence-electron chi connectivity index (χ2n) is 4.19. The van der Waals surface area contributed by atoms with Crippen LogP contribution in [0, 0.1) is 5.82 Å². The number of hydrogen-bond acceptors (Lipinski definition) is 4. The summed E-state index contributed by atoms with van der Waals surface area (Å²) in [5, 5.41) is 3.20. The molecule has 0 radical (unpaired) electrons. The molecule has 0 aliphatic rings. The number of aromatic nitrogens is 1. The van der Waals surface area contributed by atoms with Crippen molar-refractivity contribution in [2.75, 3.05) is 17.7 Å². The molecule has 20 heavy (non-hydrogen) atoms. The van der Waals surface area contributed by atoms with Gasteiger partial charge in [-0.2, -0.15) is 4.98 Å². The molecule has 0 unspecified atom stereocenters. The summed E-state index contributed by atoms with van der Waals surface area (Å²) in [6, 6.07) is 7.69. The molecule has 0 atom stereocenters. The van der Waals surface area contributed by atoms with E-state index in [4.69, 9.17) is 22.1 Å². The Morgan fingerprint density at radius 1 is 1.35 bits per heavy atom. The third-order valence-electron chi connectivity index (χ3n) is 2.53. The normalized spacial score (nSPS) is 10.3. The fraction of sp³-hybridized carbons (Fsp3) is 0.214. The lowest BCUT2D eigenvalue weighted by atomic mass is 10.3. The van der Waals surface area contributed by atoms with Gasteiger partial charge in [-0.1, -0.05) is 18.5 Å². The van der Waals surface area contributed by atoms with Crippen molar-refractivity contribution in [3.63, 3.8) is 0 Å². The molecule has 2 aromatic rings. The molecule has 0 aliphatic heterocycles. The molecule has 4 nitrogen and oxygen atoms in total. The minimum atomic E-state index is -0.452. The Morgan fingerprint density at radius 2 is 2.15 bits per heavy atom. The summed E-state index contributed by atoms with van der Waals surface area (Å²) in [4.78, 5) is 4.21. The second kappa shape index (κ2) is 6.43. The number of nitrogens with two attached hydrogens (primary N) is 1. The first kappa shape index (κ1) is 14.4. The van der Waals surface area contributed by atoms with Crippen LogP contribution in [-0.4, -0.2) is 11.6 Å². The van der Waals surface area contributed by atoms with Crippen LogP contribution in [0.5, 0.6) is 5.88 Å². The molecule has 0 aliphatic carbocycles. The number of nitrogens with one attached hydrogen (secondary N) is 1. The number of halogens is 2. The number of ether oxygens (including phenoxy) is 1. The molecule has 0 amide bonds. The number of rotatable bonds is 5. The van der Waals surface area contributed by atoms with Crippen molar-refractivity contribution in [1.82, 2.24) is 4.98 Å². The zero-order valence-corrected chi connectivity index (χ0v) is 11.7. The first-order chi connectivity index (χ1) is 9.60. The van der Waals surface area contributed by atoms with Gasteiger partial charge in [0.1, 0.15) is 11.6 Å². The molecule has 6 heteroatoms.